The van der Waals surface area contributed by atoms with Gasteiger partial charge >= 0.3 is 17.9 Å². The fourth-order valence-corrected chi connectivity index (χ4v) is 4.28. The number of rotatable bonds is 11. The molecule has 25 heavy (non-hydrogen) atoms. The van der Waals surface area contributed by atoms with Gasteiger partial charge < -0.3 is 15.3 Å². The summed E-state index contributed by atoms with van der Waals surface area (Å²) in [5.74, 6) is -4.87. The van der Waals surface area contributed by atoms with Crippen LogP contribution in [0.2, 0.25) is 0 Å². The van der Waals surface area contributed by atoms with Crippen LogP contribution in [-0.2, 0) is 14.4 Å². The number of carboxylic acids is 3. The summed E-state index contributed by atoms with van der Waals surface area (Å²) in [4.78, 5) is 35.5. The van der Waals surface area contributed by atoms with Crippen molar-refractivity contribution in [2.24, 2.45) is 23.2 Å². The van der Waals surface area contributed by atoms with E-state index in [-0.39, 0.29) is 18.8 Å². The Balaban J connectivity index is 3.03. The van der Waals surface area contributed by atoms with Gasteiger partial charge in [0.05, 0.1) is 17.3 Å². The van der Waals surface area contributed by atoms with Crippen LogP contribution in [-0.4, -0.2) is 33.2 Å². The number of hydrogen-bond acceptors (Lipinski definition) is 3. The molecule has 1 aliphatic carbocycles. The van der Waals surface area contributed by atoms with E-state index in [2.05, 4.69) is 6.92 Å². The molecule has 0 heterocycles. The van der Waals surface area contributed by atoms with Crippen LogP contribution < -0.4 is 0 Å². The molecule has 0 aliphatic heterocycles. The van der Waals surface area contributed by atoms with Crippen molar-refractivity contribution >= 4 is 17.9 Å². The maximum absolute atomic E-state index is 12.0. The molecule has 1 aliphatic rings. The smallest absolute Gasteiger partial charge is 0.310 e. The molecule has 0 aromatic rings. The minimum absolute atomic E-state index is 0.0861. The highest BCUT2D eigenvalue weighted by molar-refractivity contribution is 5.84. The molecular weight excluding hydrogens is 324 g/mol. The van der Waals surface area contributed by atoms with Crippen LogP contribution in [0.15, 0.2) is 0 Å². The Morgan fingerprint density at radius 1 is 1.12 bits per heavy atom. The molecular formula is C19H32O6. The summed E-state index contributed by atoms with van der Waals surface area (Å²) in [5, 5.41) is 29.0. The Labute approximate surface area is 149 Å². The first-order valence-corrected chi connectivity index (χ1v) is 9.47. The van der Waals surface area contributed by atoms with E-state index in [1.807, 2.05) is 6.92 Å². The number of hydrogen-bond donors (Lipinski definition) is 3. The average Bonchev–Trinajstić information content (AvgIpc) is 2.57. The van der Waals surface area contributed by atoms with Gasteiger partial charge in [-0.2, -0.15) is 0 Å². The molecule has 1 saturated carbocycles. The second-order valence-corrected chi connectivity index (χ2v) is 7.49. The summed E-state index contributed by atoms with van der Waals surface area (Å²) in [6.07, 6.45) is 6.04. The second-order valence-electron chi connectivity index (χ2n) is 7.49. The lowest BCUT2D eigenvalue weighted by molar-refractivity contribution is -0.169. The summed E-state index contributed by atoms with van der Waals surface area (Å²) < 4.78 is 0. The van der Waals surface area contributed by atoms with Crippen LogP contribution in [0.1, 0.15) is 78.1 Å². The molecule has 0 saturated heterocycles. The molecule has 0 spiro atoms. The third-order valence-electron chi connectivity index (χ3n) is 5.88. The first-order chi connectivity index (χ1) is 11.8. The quantitative estimate of drug-likeness (QED) is 0.515. The molecule has 0 bridgehead atoms. The van der Waals surface area contributed by atoms with E-state index in [9.17, 15) is 29.7 Å². The standard InChI is InChI=1S/C19H32O6/c1-3-5-8-13(4-2)11-14(16(20)21)12-19(18(24)25)10-7-6-9-15(19)17(22)23/h13-15H,3-12H2,1-2H3,(H,20,21)(H,22,23)(H,24,25). The predicted molar refractivity (Wildman–Crippen MR) is 93.3 cm³/mol. The number of unbranched alkanes of at least 4 members (excludes halogenated alkanes) is 1. The zero-order valence-electron chi connectivity index (χ0n) is 15.4. The van der Waals surface area contributed by atoms with Crippen molar-refractivity contribution in [3.8, 4) is 0 Å². The van der Waals surface area contributed by atoms with Gasteiger partial charge in [-0.25, -0.2) is 0 Å². The van der Waals surface area contributed by atoms with Crippen molar-refractivity contribution < 1.29 is 29.7 Å². The van der Waals surface area contributed by atoms with Crippen LogP contribution in [0.4, 0.5) is 0 Å². The highest BCUT2D eigenvalue weighted by atomic mass is 16.4. The third-order valence-corrected chi connectivity index (χ3v) is 5.88. The first kappa shape index (κ1) is 21.5. The minimum atomic E-state index is -1.46. The minimum Gasteiger partial charge on any atom is -0.481 e. The van der Waals surface area contributed by atoms with Gasteiger partial charge in [0, 0.05) is 0 Å². The molecule has 4 atom stereocenters. The molecule has 3 N–H and O–H groups in total. The zero-order valence-corrected chi connectivity index (χ0v) is 15.4. The maximum Gasteiger partial charge on any atom is 0.310 e. The van der Waals surface area contributed by atoms with Gasteiger partial charge in [-0.15, -0.1) is 0 Å². The van der Waals surface area contributed by atoms with Crippen LogP contribution >= 0.6 is 0 Å². The molecule has 0 amide bonds. The molecule has 0 aromatic carbocycles. The molecule has 6 nitrogen and oxygen atoms in total. The summed E-state index contributed by atoms with van der Waals surface area (Å²) in [6, 6.07) is 0. The SMILES string of the molecule is CCCCC(CC)CC(CC1(C(=O)O)CCCCC1C(=O)O)C(=O)O. The van der Waals surface area contributed by atoms with Gasteiger partial charge in [-0.05, 0) is 31.6 Å². The lowest BCUT2D eigenvalue weighted by Gasteiger charge is -2.40. The van der Waals surface area contributed by atoms with Crippen LogP contribution in [0.5, 0.6) is 0 Å². The maximum atomic E-state index is 12.0. The largest absolute Gasteiger partial charge is 0.481 e. The van der Waals surface area contributed by atoms with E-state index in [0.29, 0.717) is 25.7 Å². The van der Waals surface area contributed by atoms with E-state index in [4.69, 9.17) is 0 Å². The van der Waals surface area contributed by atoms with Crippen LogP contribution in [0, 0.1) is 23.2 Å². The first-order valence-electron chi connectivity index (χ1n) is 9.47. The zero-order chi connectivity index (χ0) is 19.0. The van der Waals surface area contributed by atoms with Gasteiger partial charge in [0.2, 0.25) is 0 Å². The van der Waals surface area contributed by atoms with Crippen molar-refractivity contribution in [1.29, 1.82) is 0 Å². The summed E-state index contributed by atoms with van der Waals surface area (Å²) in [7, 11) is 0. The lowest BCUT2D eigenvalue weighted by atomic mass is 9.61. The highest BCUT2D eigenvalue weighted by Crippen LogP contribution is 2.47. The highest BCUT2D eigenvalue weighted by Gasteiger charge is 2.52. The summed E-state index contributed by atoms with van der Waals surface area (Å²) in [5.41, 5.74) is -1.46. The molecule has 1 rings (SSSR count). The molecule has 0 aromatic heterocycles. The molecule has 0 radical (unpaired) electrons. The third kappa shape index (κ3) is 5.44. The van der Waals surface area contributed by atoms with Gasteiger partial charge in [0.1, 0.15) is 0 Å². The summed E-state index contributed by atoms with van der Waals surface area (Å²) >= 11 is 0. The van der Waals surface area contributed by atoms with Gasteiger partial charge in [0.25, 0.3) is 0 Å². The van der Waals surface area contributed by atoms with Crippen LogP contribution in [0.3, 0.4) is 0 Å². The van der Waals surface area contributed by atoms with E-state index in [0.717, 1.165) is 25.7 Å². The van der Waals surface area contributed by atoms with Crippen LogP contribution in [0.25, 0.3) is 0 Å². The fraction of sp³-hybridized carbons (Fsp3) is 0.842. The lowest BCUT2D eigenvalue weighted by Crippen LogP contribution is -2.47. The van der Waals surface area contributed by atoms with E-state index in [1.165, 1.54) is 0 Å². The Hall–Kier alpha value is -1.59. The summed E-state index contributed by atoms with van der Waals surface area (Å²) in [6.45, 7) is 4.10. The second kappa shape index (κ2) is 9.78. The monoisotopic (exact) mass is 356 g/mol. The van der Waals surface area contributed by atoms with Crippen molar-refractivity contribution in [3.63, 3.8) is 0 Å². The predicted octanol–water partition coefficient (Wildman–Crippen LogP) is 4.03. The van der Waals surface area contributed by atoms with E-state index < -0.39 is 35.2 Å². The molecule has 6 heteroatoms. The van der Waals surface area contributed by atoms with E-state index in [1.54, 1.807) is 0 Å². The Kier molecular flexibility index (Phi) is 8.39. The van der Waals surface area contributed by atoms with Crippen molar-refractivity contribution in [2.45, 2.75) is 78.1 Å². The molecule has 1 fully saturated rings. The Morgan fingerprint density at radius 3 is 2.28 bits per heavy atom. The number of carbonyl (C=O) groups is 3. The Morgan fingerprint density at radius 2 is 1.80 bits per heavy atom. The topological polar surface area (TPSA) is 112 Å². The average molecular weight is 356 g/mol. The van der Waals surface area contributed by atoms with Gasteiger partial charge in [0.15, 0.2) is 0 Å². The van der Waals surface area contributed by atoms with Crippen molar-refractivity contribution in [3.05, 3.63) is 0 Å². The Bertz CT molecular complexity index is 475. The fourth-order valence-electron chi connectivity index (χ4n) is 4.28. The molecule has 144 valence electrons. The molecule has 4 unspecified atom stereocenters. The normalized spacial score (nSPS) is 25.9. The van der Waals surface area contributed by atoms with Crippen molar-refractivity contribution in [2.75, 3.05) is 0 Å². The van der Waals surface area contributed by atoms with Crippen molar-refractivity contribution in [1.82, 2.24) is 0 Å². The van der Waals surface area contributed by atoms with E-state index >= 15 is 0 Å². The van der Waals surface area contributed by atoms with Gasteiger partial charge in [-0.1, -0.05) is 52.4 Å². The number of aliphatic carboxylic acids is 3. The van der Waals surface area contributed by atoms with Gasteiger partial charge in [-0.3, -0.25) is 14.4 Å². The number of carboxylic acid groups (broad SMARTS) is 3.